The average Bonchev–Trinajstić information content (AvgIpc) is 2.64. The van der Waals surface area contributed by atoms with E-state index in [-0.39, 0.29) is 17.9 Å². The summed E-state index contributed by atoms with van der Waals surface area (Å²) in [6.45, 7) is 6.23. The molecular formula is C11H18N2O2S. The highest BCUT2D eigenvalue weighted by Crippen LogP contribution is 2.11. The molecule has 0 aliphatic rings. The number of carbonyl (C=O) groups is 1. The van der Waals surface area contributed by atoms with E-state index in [2.05, 4.69) is 10.3 Å². The predicted molar refractivity (Wildman–Crippen MR) is 64.6 cm³/mol. The van der Waals surface area contributed by atoms with Gasteiger partial charge in [0.15, 0.2) is 0 Å². The lowest BCUT2D eigenvalue weighted by molar-refractivity contribution is 0.0923. The highest BCUT2D eigenvalue weighted by atomic mass is 32.1. The first-order valence-corrected chi connectivity index (χ1v) is 6.26. The number of carbonyl (C=O) groups excluding carboxylic acids is 1. The zero-order chi connectivity index (χ0) is 12.1. The molecule has 0 bridgehead atoms. The molecule has 0 radical (unpaired) electrons. The lowest BCUT2D eigenvalue weighted by Gasteiger charge is -2.14. The Labute approximate surface area is 99.7 Å². The molecule has 4 nitrogen and oxygen atoms in total. The average molecular weight is 242 g/mol. The summed E-state index contributed by atoms with van der Waals surface area (Å²) in [6.07, 6.45) is 0.226. The number of nitrogens with one attached hydrogen (secondary N) is 1. The van der Waals surface area contributed by atoms with Crippen LogP contribution >= 0.6 is 11.3 Å². The summed E-state index contributed by atoms with van der Waals surface area (Å²) in [5.41, 5.74) is 2.42. The van der Waals surface area contributed by atoms with E-state index in [4.69, 9.17) is 0 Å². The van der Waals surface area contributed by atoms with Crippen molar-refractivity contribution < 1.29 is 9.90 Å². The van der Waals surface area contributed by atoms with Gasteiger partial charge in [0, 0.05) is 6.54 Å². The Bertz CT molecular complexity index is 350. The molecule has 0 saturated heterocycles. The number of aliphatic hydroxyl groups is 1. The molecule has 1 unspecified atom stereocenters. The topological polar surface area (TPSA) is 62.2 Å². The van der Waals surface area contributed by atoms with E-state index < -0.39 is 0 Å². The second-order valence-electron chi connectivity index (χ2n) is 4.12. The molecule has 0 aliphatic carbocycles. The second kappa shape index (κ2) is 5.96. The minimum atomic E-state index is -0.358. The molecule has 16 heavy (non-hydrogen) atoms. The van der Waals surface area contributed by atoms with Gasteiger partial charge in [-0.3, -0.25) is 4.79 Å². The third-order valence-corrected chi connectivity index (χ3v) is 3.37. The highest BCUT2D eigenvalue weighted by Gasteiger charge is 2.13. The third-order valence-electron chi connectivity index (χ3n) is 2.45. The lowest BCUT2D eigenvalue weighted by atomic mass is 10.0. The van der Waals surface area contributed by atoms with E-state index in [9.17, 15) is 9.90 Å². The summed E-state index contributed by atoms with van der Waals surface area (Å²) in [5.74, 6) is 0.123. The number of hydrogen-bond acceptors (Lipinski definition) is 4. The van der Waals surface area contributed by atoms with Gasteiger partial charge in [0.2, 0.25) is 0 Å². The van der Waals surface area contributed by atoms with Crippen LogP contribution in [0.1, 0.15) is 35.6 Å². The molecule has 1 rings (SSSR count). The van der Waals surface area contributed by atoms with Gasteiger partial charge >= 0.3 is 0 Å². The Morgan fingerprint density at radius 1 is 1.62 bits per heavy atom. The zero-order valence-electron chi connectivity index (χ0n) is 9.86. The number of aliphatic hydroxyl groups excluding tert-OH is 1. The summed E-state index contributed by atoms with van der Waals surface area (Å²) >= 11 is 1.34. The molecule has 5 heteroatoms. The van der Waals surface area contributed by atoms with Crippen LogP contribution in [0.25, 0.3) is 0 Å². The van der Waals surface area contributed by atoms with Crippen molar-refractivity contribution >= 4 is 17.2 Å². The van der Waals surface area contributed by atoms with Gasteiger partial charge in [0.05, 0.1) is 17.3 Å². The van der Waals surface area contributed by atoms with Crippen molar-refractivity contribution in [1.82, 2.24) is 10.3 Å². The van der Waals surface area contributed by atoms with E-state index in [1.165, 1.54) is 11.3 Å². The van der Waals surface area contributed by atoms with Gasteiger partial charge in [0.25, 0.3) is 5.91 Å². The lowest BCUT2D eigenvalue weighted by Crippen LogP contribution is -2.28. The second-order valence-corrected chi connectivity index (χ2v) is 4.98. The monoisotopic (exact) mass is 242 g/mol. The summed E-state index contributed by atoms with van der Waals surface area (Å²) in [6, 6.07) is 0. The minimum absolute atomic E-state index is 0.101. The van der Waals surface area contributed by atoms with Gasteiger partial charge in [-0.15, -0.1) is 11.3 Å². The van der Waals surface area contributed by atoms with Crippen LogP contribution in [0.2, 0.25) is 0 Å². The smallest absolute Gasteiger partial charge is 0.263 e. The quantitative estimate of drug-likeness (QED) is 0.824. The van der Waals surface area contributed by atoms with Crippen LogP contribution in [0.5, 0.6) is 0 Å². The molecule has 1 amide bonds. The van der Waals surface area contributed by atoms with E-state index >= 15 is 0 Å². The first-order valence-electron chi connectivity index (χ1n) is 5.38. The molecule has 0 fully saturated rings. The summed E-state index contributed by atoms with van der Waals surface area (Å²) in [7, 11) is 0. The van der Waals surface area contributed by atoms with Crippen LogP contribution in [-0.2, 0) is 0 Å². The van der Waals surface area contributed by atoms with E-state index in [1.807, 2.05) is 20.8 Å². The van der Waals surface area contributed by atoms with Crippen LogP contribution < -0.4 is 5.32 Å². The predicted octanol–water partition coefficient (Wildman–Crippen LogP) is 1.59. The van der Waals surface area contributed by atoms with E-state index in [1.54, 1.807) is 5.51 Å². The van der Waals surface area contributed by atoms with Crippen LogP contribution in [0.4, 0.5) is 0 Å². The molecule has 1 atom stereocenters. The molecule has 90 valence electrons. The summed E-state index contributed by atoms with van der Waals surface area (Å²) < 4.78 is 0. The Morgan fingerprint density at radius 2 is 2.31 bits per heavy atom. The first kappa shape index (κ1) is 13.1. The van der Waals surface area contributed by atoms with Crippen LogP contribution in [0.15, 0.2) is 5.51 Å². The molecule has 2 N–H and O–H groups in total. The summed E-state index contributed by atoms with van der Waals surface area (Å²) in [4.78, 5) is 16.3. The van der Waals surface area contributed by atoms with Gasteiger partial charge in [0.1, 0.15) is 4.88 Å². The molecule has 0 spiro atoms. The largest absolute Gasteiger partial charge is 0.393 e. The Balaban J connectivity index is 2.34. The van der Waals surface area contributed by atoms with E-state index in [0.717, 1.165) is 5.69 Å². The van der Waals surface area contributed by atoms with Crippen LogP contribution in [0.3, 0.4) is 0 Å². The maximum absolute atomic E-state index is 11.7. The maximum atomic E-state index is 11.7. The van der Waals surface area contributed by atoms with Crippen molar-refractivity contribution in [1.29, 1.82) is 0 Å². The fourth-order valence-corrected chi connectivity index (χ4v) is 1.99. The molecule has 1 aromatic rings. The van der Waals surface area contributed by atoms with Crippen LogP contribution in [0, 0.1) is 12.8 Å². The fraction of sp³-hybridized carbons (Fsp3) is 0.636. The number of thiazole rings is 1. The zero-order valence-corrected chi connectivity index (χ0v) is 10.7. The van der Waals surface area contributed by atoms with Crippen molar-refractivity contribution in [2.24, 2.45) is 5.92 Å². The minimum Gasteiger partial charge on any atom is -0.393 e. The molecule has 0 aromatic carbocycles. The third kappa shape index (κ3) is 3.57. The standard InChI is InChI=1S/C11H18N2O2S/c1-7(2)9(14)4-5-12-11(15)10-8(3)13-6-16-10/h6-7,9,14H,4-5H2,1-3H3,(H,12,15). The molecule has 0 aliphatic heterocycles. The van der Waals surface area contributed by atoms with Gasteiger partial charge in [-0.05, 0) is 19.3 Å². The fourth-order valence-electron chi connectivity index (χ4n) is 1.27. The number of nitrogens with zero attached hydrogens (tertiary/aromatic N) is 1. The Kier molecular flexibility index (Phi) is 4.89. The van der Waals surface area contributed by atoms with Crippen LogP contribution in [-0.4, -0.2) is 28.6 Å². The number of aromatic nitrogens is 1. The first-order chi connectivity index (χ1) is 7.52. The van der Waals surface area contributed by atoms with E-state index in [0.29, 0.717) is 17.8 Å². The SMILES string of the molecule is Cc1ncsc1C(=O)NCCC(O)C(C)C. The van der Waals surface area contributed by atoms with Crippen molar-refractivity contribution in [2.45, 2.75) is 33.3 Å². The molecule has 0 saturated carbocycles. The highest BCUT2D eigenvalue weighted by molar-refractivity contribution is 7.11. The van der Waals surface area contributed by atoms with Crippen molar-refractivity contribution in [3.05, 3.63) is 16.1 Å². The van der Waals surface area contributed by atoms with Gasteiger partial charge in [-0.25, -0.2) is 4.98 Å². The van der Waals surface area contributed by atoms with Crippen molar-refractivity contribution in [3.8, 4) is 0 Å². The van der Waals surface area contributed by atoms with Crippen molar-refractivity contribution in [3.63, 3.8) is 0 Å². The number of hydrogen-bond donors (Lipinski definition) is 2. The molecule has 1 aromatic heterocycles. The Morgan fingerprint density at radius 3 is 2.81 bits per heavy atom. The van der Waals surface area contributed by atoms with Gasteiger partial charge < -0.3 is 10.4 Å². The number of aryl methyl sites for hydroxylation is 1. The Hall–Kier alpha value is -0.940. The number of amides is 1. The number of rotatable bonds is 5. The summed E-state index contributed by atoms with van der Waals surface area (Å²) in [5, 5.41) is 12.3. The van der Waals surface area contributed by atoms with Gasteiger partial charge in [-0.1, -0.05) is 13.8 Å². The van der Waals surface area contributed by atoms with Crippen molar-refractivity contribution in [2.75, 3.05) is 6.54 Å². The van der Waals surface area contributed by atoms with Gasteiger partial charge in [-0.2, -0.15) is 0 Å². The maximum Gasteiger partial charge on any atom is 0.263 e. The molecule has 1 heterocycles. The molecular weight excluding hydrogens is 224 g/mol. The normalized spacial score (nSPS) is 12.8.